The third-order valence-corrected chi connectivity index (χ3v) is 5.30. The molecule has 2 nitrogen and oxygen atoms in total. The first kappa shape index (κ1) is 13.8. The zero-order valence-corrected chi connectivity index (χ0v) is 12.8. The summed E-state index contributed by atoms with van der Waals surface area (Å²) in [6.07, 6.45) is 5.35. The third-order valence-electron chi connectivity index (χ3n) is 4.29. The highest BCUT2D eigenvalue weighted by Crippen LogP contribution is 2.38. The Bertz CT molecular complexity index is 559. The Hall–Kier alpha value is -1.19. The molecule has 2 aromatic rings. The maximum Gasteiger partial charge on any atom is 0.0963 e. The van der Waals surface area contributed by atoms with Gasteiger partial charge in [-0.3, -0.25) is 0 Å². The average Bonchev–Trinajstić information content (AvgIpc) is 2.97. The molecular weight excluding hydrogens is 264 g/mol. The molecule has 2 atom stereocenters. The second kappa shape index (κ2) is 6.06. The van der Waals surface area contributed by atoms with Gasteiger partial charge in [-0.15, -0.1) is 11.3 Å². The lowest BCUT2D eigenvalue weighted by molar-refractivity contribution is 0.343. The van der Waals surface area contributed by atoms with Crippen molar-refractivity contribution in [2.75, 3.05) is 0 Å². The second-order valence-electron chi connectivity index (χ2n) is 5.94. The van der Waals surface area contributed by atoms with Gasteiger partial charge in [0.1, 0.15) is 0 Å². The number of aromatic nitrogens is 1. The molecule has 3 heteroatoms. The van der Waals surface area contributed by atoms with Gasteiger partial charge in [0.05, 0.1) is 10.7 Å². The number of nitrogens with two attached hydrogens (primary N) is 1. The molecule has 1 aromatic carbocycles. The lowest BCUT2D eigenvalue weighted by Gasteiger charge is -2.24. The van der Waals surface area contributed by atoms with Gasteiger partial charge in [-0.05, 0) is 24.3 Å². The fourth-order valence-electron chi connectivity index (χ4n) is 3.08. The van der Waals surface area contributed by atoms with Gasteiger partial charge in [0.15, 0.2) is 0 Å². The standard InChI is InChI=1S/C17H22N2S/c1-12-3-2-4-15(9-12)17-19-16(11-20-17)14-7-5-13(10-18)6-8-14/h5-8,11-12,15H,2-4,9-10,18H2,1H3. The van der Waals surface area contributed by atoms with E-state index in [0.717, 1.165) is 11.6 Å². The van der Waals surface area contributed by atoms with Crippen LogP contribution >= 0.6 is 11.3 Å². The quantitative estimate of drug-likeness (QED) is 0.898. The van der Waals surface area contributed by atoms with Gasteiger partial charge >= 0.3 is 0 Å². The van der Waals surface area contributed by atoms with E-state index in [0.29, 0.717) is 12.5 Å². The second-order valence-corrected chi connectivity index (χ2v) is 6.83. The molecule has 0 spiro atoms. The van der Waals surface area contributed by atoms with Gasteiger partial charge in [-0.25, -0.2) is 4.98 Å². The number of hydrogen-bond donors (Lipinski definition) is 1. The third kappa shape index (κ3) is 2.94. The lowest BCUT2D eigenvalue weighted by atomic mass is 9.83. The molecule has 1 aliphatic carbocycles. The fraction of sp³-hybridized carbons (Fsp3) is 0.471. The first-order valence-electron chi connectivity index (χ1n) is 7.51. The topological polar surface area (TPSA) is 38.9 Å². The predicted octanol–water partition coefficient (Wildman–Crippen LogP) is 4.56. The van der Waals surface area contributed by atoms with Crippen LogP contribution in [-0.4, -0.2) is 4.98 Å². The summed E-state index contributed by atoms with van der Waals surface area (Å²) in [7, 11) is 0. The Kier molecular flexibility index (Phi) is 4.18. The Morgan fingerprint density at radius 2 is 2.05 bits per heavy atom. The summed E-state index contributed by atoms with van der Waals surface area (Å²) in [6.45, 7) is 2.97. The van der Waals surface area contributed by atoms with Crippen LogP contribution in [0.2, 0.25) is 0 Å². The van der Waals surface area contributed by atoms with Crippen molar-refractivity contribution in [3.05, 3.63) is 40.2 Å². The van der Waals surface area contributed by atoms with Crippen molar-refractivity contribution in [1.29, 1.82) is 0 Å². The summed E-state index contributed by atoms with van der Waals surface area (Å²) in [5.41, 5.74) is 9.13. The fourth-order valence-corrected chi connectivity index (χ4v) is 4.06. The van der Waals surface area contributed by atoms with E-state index in [9.17, 15) is 0 Å². The molecule has 0 amide bonds. The summed E-state index contributed by atoms with van der Waals surface area (Å²) in [5, 5.41) is 3.53. The van der Waals surface area contributed by atoms with Gasteiger partial charge in [-0.1, -0.05) is 44.0 Å². The molecule has 0 bridgehead atoms. The molecule has 1 aromatic heterocycles. The maximum atomic E-state index is 5.64. The van der Waals surface area contributed by atoms with Crippen LogP contribution in [0, 0.1) is 5.92 Å². The summed E-state index contributed by atoms with van der Waals surface area (Å²) in [5.74, 6) is 1.53. The molecule has 0 aliphatic heterocycles. The van der Waals surface area contributed by atoms with Crippen LogP contribution in [-0.2, 0) is 6.54 Å². The number of thiazole rings is 1. The number of nitrogens with zero attached hydrogens (tertiary/aromatic N) is 1. The number of rotatable bonds is 3. The monoisotopic (exact) mass is 286 g/mol. The predicted molar refractivity (Wildman–Crippen MR) is 85.8 cm³/mol. The normalized spacial score (nSPS) is 22.9. The molecule has 0 radical (unpaired) electrons. The number of benzene rings is 1. The zero-order valence-electron chi connectivity index (χ0n) is 12.0. The Morgan fingerprint density at radius 1 is 1.25 bits per heavy atom. The summed E-state index contributed by atoms with van der Waals surface area (Å²) < 4.78 is 0. The van der Waals surface area contributed by atoms with Crippen LogP contribution in [0.5, 0.6) is 0 Å². The molecule has 1 fully saturated rings. The molecule has 20 heavy (non-hydrogen) atoms. The Balaban J connectivity index is 1.78. The molecule has 106 valence electrons. The smallest absolute Gasteiger partial charge is 0.0963 e. The van der Waals surface area contributed by atoms with Crippen molar-refractivity contribution in [3.8, 4) is 11.3 Å². The highest BCUT2D eigenvalue weighted by atomic mass is 32.1. The van der Waals surface area contributed by atoms with Crippen molar-refractivity contribution >= 4 is 11.3 Å². The van der Waals surface area contributed by atoms with E-state index < -0.39 is 0 Å². The molecule has 2 unspecified atom stereocenters. The number of hydrogen-bond acceptors (Lipinski definition) is 3. The first-order valence-corrected chi connectivity index (χ1v) is 8.39. The maximum absolute atomic E-state index is 5.64. The van der Waals surface area contributed by atoms with Crippen LogP contribution in [0.15, 0.2) is 29.6 Å². The molecule has 1 heterocycles. The summed E-state index contributed by atoms with van der Waals surface area (Å²) >= 11 is 1.83. The van der Waals surface area contributed by atoms with E-state index in [4.69, 9.17) is 10.7 Å². The lowest BCUT2D eigenvalue weighted by Crippen LogP contribution is -2.11. The average molecular weight is 286 g/mol. The highest BCUT2D eigenvalue weighted by Gasteiger charge is 2.22. The Labute approximate surface area is 125 Å². The van der Waals surface area contributed by atoms with E-state index in [-0.39, 0.29) is 0 Å². The molecule has 2 N–H and O–H groups in total. The summed E-state index contributed by atoms with van der Waals surface area (Å²) in [6, 6.07) is 8.45. The van der Waals surface area contributed by atoms with Crippen molar-refractivity contribution in [3.63, 3.8) is 0 Å². The van der Waals surface area contributed by atoms with Crippen molar-refractivity contribution in [2.24, 2.45) is 11.7 Å². The van der Waals surface area contributed by atoms with Crippen LogP contribution in [0.3, 0.4) is 0 Å². The first-order chi connectivity index (χ1) is 9.76. The minimum Gasteiger partial charge on any atom is -0.326 e. The molecule has 0 saturated heterocycles. The molecule has 3 rings (SSSR count). The van der Waals surface area contributed by atoms with Gasteiger partial charge in [0, 0.05) is 23.4 Å². The van der Waals surface area contributed by atoms with Crippen LogP contribution in [0.4, 0.5) is 0 Å². The van der Waals surface area contributed by atoms with Crippen LogP contribution < -0.4 is 5.73 Å². The van der Waals surface area contributed by atoms with Gasteiger partial charge < -0.3 is 5.73 Å². The van der Waals surface area contributed by atoms with Crippen molar-refractivity contribution in [2.45, 2.75) is 45.1 Å². The Morgan fingerprint density at radius 3 is 2.75 bits per heavy atom. The van der Waals surface area contributed by atoms with E-state index in [2.05, 4.69) is 36.6 Å². The largest absolute Gasteiger partial charge is 0.326 e. The SMILES string of the molecule is CC1CCCC(c2nc(-c3ccc(CN)cc3)cs2)C1. The van der Waals surface area contributed by atoms with Crippen molar-refractivity contribution < 1.29 is 0 Å². The van der Waals surface area contributed by atoms with Gasteiger partial charge in [0.2, 0.25) is 0 Å². The minimum absolute atomic E-state index is 0.600. The van der Waals surface area contributed by atoms with E-state index in [1.165, 1.54) is 41.8 Å². The van der Waals surface area contributed by atoms with Gasteiger partial charge in [-0.2, -0.15) is 0 Å². The van der Waals surface area contributed by atoms with E-state index in [1.807, 2.05) is 11.3 Å². The molecule has 1 saturated carbocycles. The van der Waals surface area contributed by atoms with Gasteiger partial charge in [0.25, 0.3) is 0 Å². The van der Waals surface area contributed by atoms with E-state index in [1.54, 1.807) is 0 Å². The van der Waals surface area contributed by atoms with Crippen LogP contribution in [0.1, 0.15) is 49.1 Å². The summed E-state index contributed by atoms with van der Waals surface area (Å²) in [4.78, 5) is 4.88. The zero-order chi connectivity index (χ0) is 13.9. The molecular formula is C17H22N2S. The molecule has 1 aliphatic rings. The van der Waals surface area contributed by atoms with E-state index >= 15 is 0 Å². The van der Waals surface area contributed by atoms with Crippen LogP contribution in [0.25, 0.3) is 11.3 Å². The van der Waals surface area contributed by atoms with Crippen molar-refractivity contribution in [1.82, 2.24) is 4.98 Å². The highest BCUT2D eigenvalue weighted by molar-refractivity contribution is 7.10. The minimum atomic E-state index is 0.600.